The van der Waals surface area contributed by atoms with Gasteiger partial charge in [0.2, 0.25) is 11.8 Å². The number of nitrogens with zero attached hydrogens (tertiary/aromatic N) is 2. The van der Waals surface area contributed by atoms with Crippen molar-refractivity contribution >= 4 is 39.9 Å². The van der Waals surface area contributed by atoms with Crippen molar-refractivity contribution in [2.45, 2.75) is 113 Å². The van der Waals surface area contributed by atoms with Crippen molar-refractivity contribution in [3.8, 4) is 0 Å². The standard InChI is InChI=1S/C38H46FN5O9S/c1-37(2,3)53-35(48)40-30-18-11-6-4-5-8-14-25-20-38(25,34(47)42-54(50,51)27-15-9-7-10-16-27)41-32(45)31-19-26(22-44(31)33(30)46)52-36(49)43-21-24-13-12-17-29(39)28(24)23-43/h7-10,12-17,25-26,30-31H,4-6,11,18-23H2,1-3H3,(H,40,48)(H,41,45)(H,42,47)/b14-8-/t25-,26+,30-,31-,38+/m0/s1. The van der Waals surface area contributed by atoms with Gasteiger partial charge in [0.1, 0.15) is 35.1 Å². The summed E-state index contributed by atoms with van der Waals surface area (Å²) in [6, 6.07) is 9.59. The van der Waals surface area contributed by atoms with Gasteiger partial charge in [-0.15, -0.1) is 0 Å². The molecule has 3 aliphatic heterocycles. The number of carbonyl (C=O) groups is 5. The number of alkyl carbamates (subject to hydrolysis) is 1. The zero-order valence-corrected chi connectivity index (χ0v) is 31.3. The molecule has 2 aromatic carbocycles. The van der Waals surface area contributed by atoms with Gasteiger partial charge in [-0.1, -0.05) is 55.3 Å². The largest absolute Gasteiger partial charge is 0.444 e. The van der Waals surface area contributed by atoms with Gasteiger partial charge in [0.25, 0.3) is 15.9 Å². The number of carbonyl (C=O) groups excluding carboxylic acids is 5. The molecule has 14 nitrogen and oxygen atoms in total. The minimum absolute atomic E-state index is 0.0135. The van der Waals surface area contributed by atoms with Crippen LogP contribution in [0.15, 0.2) is 65.6 Å². The quantitative estimate of drug-likeness (QED) is 0.379. The second kappa shape index (κ2) is 15.4. The molecule has 0 radical (unpaired) electrons. The predicted octanol–water partition coefficient (Wildman–Crippen LogP) is 4.04. The number of fused-ring (bicyclic) bond motifs is 3. The highest BCUT2D eigenvalue weighted by atomic mass is 32.2. The van der Waals surface area contributed by atoms with Gasteiger partial charge in [0.05, 0.1) is 18.0 Å². The Morgan fingerprint density at radius 1 is 1.00 bits per heavy atom. The number of ether oxygens (including phenoxy) is 2. The Labute approximate surface area is 313 Å². The molecule has 5 atom stereocenters. The molecule has 6 rings (SSSR count). The average Bonchev–Trinajstić information content (AvgIpc) is 3.40. The molecule has 0 unspecified atom stereocenters. The summed E-state index contributed by atoms with van der Waals surface area (Å²) in [7, 11) is -4.29. The van der Waals surface area contributed by atoms with E-state index in [0.717, 1.165) is 6.42 Å². The Morgan fingerprint density at radius 3 is 2.48 bits per heavy atom. The van der Waals surface area contributed by atoms with Gasteiger partial charge < -0.3 is 25.0 Å². The Bertz CT molecular complexity index is 1940. The van der Waals surface area contributed by atoms with Gasteiger partial charge >= 0.3 is 12.2 Å². The van der Waals surface area contributed by atoms with E-state index in [4.69, 9.17) is 9.47 Å². The molecule has 3 heterocycles. The number of hydrogen-bond donors (Lipinski definition) is 3. The molecule has 16 heteroatoms. The van der Waals surface area contributed by atoms with E-state index in [2.05, 4.69) is 15.4 Å². The third-order valence-electron chi connectivity index (χ3n) is 10.1. The lowest BCUT2D eigenvalue weighted by molar-refractivity contribution is -0.141. The van der Waals surface area contributed by atoms with Crippen LogP contribution in [0.2, 0.25) is 0 Å². The predicted molar refractivity (Wildman–Crippen MR) is 192 cm³/mol. The molecule has 1 saturated heterocycles. The number of amides is 5. The summed E-state index contributed by atoms with van der Waals surface area (Å²) >= 11 is 0. The van der Waals surface area contributed by atoms with E-state index in [9.17, 15) is 36.8 Å². The van der Waals surface area contributed by atoms with E-state index >= 15 is 0 Å². The van der Waals surface area contributed by atoms with Crippen LogP contribution in [0.25, 0.3) is 0 Å². The summed E-state index contributed by atoms with van der Waals surface area (Å²) in [4.78, 5) is 71.2. The number of hydrogen-bond acceptors (Lipinski definition) is 9. The van der Waals surface area contributed by atoms with Gasteiger partial charge in [0, 0.05) is 24.4 Å². The van der Waals surface area contributed by atoms with Crippen molar-refractivity contribution < 1.29 is 46.3 Å². The summed E-state index contributed by atoms with van der Waals surface area (Å²) in [5.74, 6) is -3.27. The Kier molecular flexibility index (Phi) is 11.0. The molecule has 0 aromatic heterocycles. The van der Waals surface area contributed by atoms with Crippen molar-refractivity contribution in [3.63, 3.8) is 0 Å². The molecule has 4 aliphatic rings. The molecule has 3 N–H and O–H groups in total. The van der Waals surface area contributed by atoms with Crippen molar-refractivity contribution in [2.24, 2.45) is 5.92 Å². The van der Waals surface area contributed by atoms with Gasteiger partial charge in [-0.25, -0.2) is 27.1 Å². The topological polar surface area (TPSA) is 181 Å². The number of allylic oxidation sites excluding steroid dienone is 1. The summed E-state index contributed by atoms with van der Waals surface area (Å²) in [6.07, 6.45) is 3.95. The third kappa shape index (κ3) is 8.69. The molecule has 290 valence electrons. The molecule has 2 aromatic rings. The fourth-order valence-corrected chi connectivity index (χ4v) is 8.27. The SMILES string of the molecule is CC(C)(C)OC(=O)N[C@H]1CCCCC/C=C\[C@H]2C[C@@]2(C(=O)NS(=O)(=O)c2ccccc2)NC(=O)[C@@H]2C[C@@H](OC(=O)N3Cc4cccc(F)c4C3)CN2C1=O. The van der Waals surface area contributed by atoms with Crippen LogP contribution in [0.1, 0.15) is 76.8 Å². The summed E-state index contributed by atoms with van der Waals surface area (Å²) in [5, 5.41) is 5.44. The fraction of sp³-hybridized carbons (Fsp3) is 0.500. The molecule has 1 aliphatic carbocycles. The van der Waals surface area contributed by atoms with E-state index in [-0.39, 0.29) is 43.8 Å². The van der Waals surface area contributed by atoms with E-state index in [1.807, 2.05) is 6.08 Å². The van der Waals surface area contributed by atoms with Gasteiger partial charge in [-0.05, 0) is 70.2 Å². The van der Waals surface area contributed by atoms with Crippen molar-refractivity contribution in [2.75, 3.05) is 6.54 Å². The highest BCUT2D eigenvalue weighted by molar-refractivity contribution is 7.90. The van der Waals surface area contributed by atoms with E-state index < -0.39 is 81.0 Å². The number of halogens is 1. The van der Waals surface area contributed by atoms with E-state index in [1.165, 1.54) is 40.1 Å². The van der Waals surface area contributed by atoms with Crippen LogP contribution >= 0.6 is 0 Å². The molecular weight excluding hydrogens is 722 g/mol. The van der Waals surface area contributed by atoms with Crippen molar-refractivity contribution in [1.82, 2.24) is 25.2 Å². The Morgan fingerprint density at radius 2 is 1.76 bits per heavy atom. The first kappa shape index (κ1) is 38.7. The molecular formula is C38H46FN5O9S. The maximum Gasteiger partial charge on any atom is 0.410 e. The number of sulfonamides is 1. The normalized spacial score (nSPS) is 26.5. The maximum atomic E-state index is 14.4. The monoisotopic (exact) mass is 767 g/mol. The second-order valence-corrected chi connectivity index (χ2v) is 16.9. The fourth-order valence-electron chi connectivity index (χ4n) is 7.21. The van der Waals surface area contributed by atoms with Crippen LogP contribution in [0, 0.1) is 11.7 Å². The van der Waals surface area contributed by atoms with Crippen LogP contribution in [0.5, 0.6) is 0 Å². The van der Waals surface area contributed by atoms with Crippen LogP contribution in [0.4, 0.5) is 14.0 Å². The Hall–Kier alpha value is -4.99. The number of nitrogens with one attached hydrogen (secondary N) is 3. The zero-order valence-electron chi connectivity index (χ0n) is 30.5. The minimum Gasteiger partial charge on any atom is -0.444 e. The lowest BCUT2D eigenvalue weighted by Gasteiger charge is -2.30. The highest BCUT2D eigenvalue weighted by Gasteiger charge is 2.61. The lowest BCUT2D eigenvalue weighted by atomic mass is 10.0. The molecule has 2 fully saturated rings. The van der Waals surface area contributed by atoms with Gasteiger partial charge in [-0.2, -0.15) is 0 Å². The van der Waals surface area contributed by atoms with Crippen LogP contribution in [-0.2, 0) is 47.0 Å². The van der Waals surface area contributed by atoms with E-state index in [1.54, 1.807) is 45.0 Å². The molecule has 5 amide bonds. The summed E-state index contributed by atoms with van der Waals surface area (Å²) in [6.45, 7) is 4.95. The average molecular weight is 768 g/mol. The molecule has 0 bridgehead atoms. The van der Waals surface area contributed by atoms with Crippen LogP contribution in [0.3, 0.4) is 0 Å². The number of rotatable bonds is 5. The lowest BCUT2D eigenvalue weighted by Crippen LogP contribution is -2.58. The van der Waals surface area contributed by atoms with E-state index in [0.29, 0.717) is 30.4 Å². The summed E-state index contributed by atoms with van der Waals surface area (Å²) in [5.41, 5.74) is -1.47. The first-order valence-corrected chi connectivity index (χ1v) is 19.7. The third-order valence-corrected chi connectivity index (χ3v) is 11.4. The smallest absolute Gasteiger partial charge is 0.410 e. The molecule has 54 heavy (non-hydrogen) atoms. The number of benzene rings is 2. The first-order chi connectivity index (χ1) is 25.6. The Balaban J connectivity index is 1.26. The first-order valence-electron chi connectivity index (χ1n) is 18.2. The highest BCUT2D eigenvalue weighted by Crippen LogP contribution is 2.46. The van der Waals surface area contributed by atoms with Gasteiger partial charge in [-0.3, -0.25) is 19.3 Å². The summed E-state index contributed by atoms with van der Waals surface area (Å²) < 4.78 is 54.2. The van der Waals surface area contributed by atoms with Crippen molar-refractivity contribution in [3.05, 3.63) is 77.6 Å². The van der Waals surface area contributed by atoms with Gasteiger partial charge in [0.15, 0.2) is 0 Å². The minimum atomic E-state index is -4.29. The maximum absolute atomic E-state index is 14.4. The molecule has 0 spiro atoms. The molecule has 1 saturated carbocycles. The van der Waals surface area contributed by atoms with Crippen molar-refractivity contribution in [1.29, 1.82) is 0 Å². The van der Waals surface area contributed by atoms with Crippen LogP contribution < -0.4 is 15.4 Å². The van der Waals surface area contributed by atoms with Crippen LogP contribution in [-0.4, -0.2) is 84.0 Å². The second-order valence-electron chi connectivity index (χ2n) is 15.3. The zero-order chi connectivity index (χ0) is 38.8.